The molecule has 6 nitrogen and oxygen atoms in total. The molecule has 0 radical (unpaired) electrons. The van der Waals surface area contributed by atoms with Crippen LogP contribution in [-0.2, 0) is 19.0 Å². The van der Waals surface area contributed by atoms with Gasteiger partial charge in [0.2, 0.25) is 0 Å². The fraction of sp³-hybridized carbons (Fsp3) is 0.550. The molecule has 0 atom stereocenters. The summed E-state index contributed by atoms with van der Waals surface area (Å²) in [4.78, 5) is 4.72. The van der Waals surface area contributed by atoms with Crippen LogP contribution in [0.4, 0.5) is 0 Å². The predicted molar refractivity (Wildman–Crippen MR) is 113 cm³/mol. The number of nitrogens with one attached hydrogen (secondary N) is 2. The first-order valence-electron chi connectivity index (χ1n) is 9.67. The van der Waals surface area contributed by atoms with Crippen LogP contribution < -0.4 is 10.6 Å². The first-order chi connectivity index (χ1) is 13.0. The summed E-state index contributed by atoms with van der Waals surface area (Å²) in [7, 11) is 1.97. The molecule has 0 spiro atoms. The van der Waals surface area contributed by atoms with Crippen LogP contribution in [0.1, 0.15) is 49.8 Å². The van der Waals surface area contributed by atoms with Crippen molar-refractivity contribution in [3.05, 3.63) is 46.0 Å². The molecule has 27 heavy (non-hydrogen) atoms. The first-order valence-corrected chi connectivity index (χ1v) is 10.5. The molecule has 0 aliphatic heterocycles. The summed E-state index contributed by atoms with van der Waals surface area (Å²) in [6.45, 7) is 6.26. The molecule has 1 saturated carbocycles. The van der Waals surface area contributed by atoms with Crippen LogP contribution in [-0.4, -0.2) is 33.8 Å². The fourth-order valence-electron chi connectivity index (χ4n) is 3.76. The lowest BCUT2D eigenvalue weighted by atomic mass is 9.79. The van der Waals surface area contributed by atoms with Crippen molar-refractivity contribution in [2.45, 2.75) is 51.5 Å². The Balaban J connectivity index is 1.72. The van der Waals surface area contributed by atoms with Crippen LogP contribution in [0.2, 0.25) is 0 Å². The van der Waals surface area contributed by atoms with Crippen LogP contribution in [0.5, 0.6) is 0 Å². The van der Waals surface area contributed by atoms with Crippen molar-refractivity contribution in [1.29, 1.82) is 0 Å². The molecule has 3 rings (SSSR count). The standard InChI is InChI=1S/C20H29BrN6/c1-4-22-19(23-13-18-26-25-15(2)27(18)3)24-14-20(11-5-6-12-20)16-7-9-17(21)10-8-16/h7-10H,4-6,11-14H2,1-3H3,(H2,22,23,24). The van der Waals surface area contributed by atoms with Gasteiger partial charge in [-0.2, -0.15) is 0 Å². The smallest absolute Gasteiger partial charge is 0.191 e. The molecule has 0 amide bonds. The number of nitrogens with zero attached hydrogens (tertiary/aromatic N) is 4. The van der Waals surface area contributed by atoms with Gasteiger partial charge in [-0.05, 0) is 44.4 Å². The third-order valence-corrected chi connectivity index (χ3v) is 6.05. The largest absolute Gasteiger partial charge is 0.357 e. The molecule has 0 bridgehead atoms. The molecule has 7 heteroatoms. The number of hydrogen-bond acceptors (Lipinski definition) is 3. The highest BCUT2D eigenvalue weighted by molar-refractivity contribution is 9.10. The van der Waals surface area contributed by atoms with Gasteiger partial charge in [0, 0.05) is 30.0 Å². The number of hydrogen-bond donors (Lipinski definition) is 2. The number of benzene rings is 1. The Morgan fingerprint density at radius 1 is 1.19 bits per heavy atom. The van der Waals surface area contributed by atoms with E-state index in [4.69, 9.17) is 4.99 Å². The molecule has 1 aromatic carbocycles. The Labute approximate surface area is 170 Å². The Hall–Kier alpha value is -1.89. The molecular formula is C20H29BrN6. The molecule has 1 fully saturated rings. The van der Waals surface area contributed by atoms with Gasteiger partial charge in [0.25, 0.3) is 0 Å². The Kier molecular flexibility index (Phi) is 6.52. The van der Waals surface area contributed by atoms with Crippen molar-refractivity contribution in [3.8, 4) is 0 Å². The normalized spacial score (nSPS) is 16.5. The molecule has 0 saturated heterocycles. The molecular weight excluding hydrogens is 404 g/mol. The van der Waals surface area contributed by atoms with E-state index in [1.165, 1.54) is 31.2 Å². The summed E-state index contributed by atoms with van der Waals surface area (Å²) in [5.41, 5.74) is 1.59. The van der Waals surface area contributed by atoms with Crippen LogP contribution >= 0.6 is 15.9 Å². The zero-order valence-corrected chi connectivity index (χ0v) is 18.0. The van der Waals surface area contributed by atoms with Crippen LogP contribution in [0.3, 0.4) is 0 Å². The molecule has 146 valence electrons. The molecule has 1 heterocycles. The lowest BCUT2D eigenvalue weighted by molar-refractivity contribution is 0.431. The number of aliphatic imine (C=N–C) groups is 1. The van der Waals surface area contributed by atoms with Gasteiger partial charge in [-0.25, -0.2) is 4.99 Å². The highest BCUT2D eigenvalue weighted by Gasteiger charge is 2.35. The quantitative estimate of drug-likeness (QED) is 0.541. The molecule has 2 N–H and O–H groups in total. The monoisotopic (exact) mass is 432 g/mol. The average molecular weight is 433 g/mol. The second-order valence-corrected chi connectivity index (χ2v) is 8.18. The van der Waals surface area contributed by atoms with Crippen LogP contribution in [0, 0.1) is 6.92 Å². The maximum atomic E-state index is 4.72. The van der Waals surface area contributed by atoms with Crippen molar-refractivity contribution in [1.82, 2.24) is 25.4 Å². The van der Waals surface area contributed by atoms with E-state index in [9.17, 15) is 0 Å². The summed E-state index contributed by atoms with van der Waals surface area (Å²) in [6.07, 6.45) is 4.99. The van der Waals surface area contributed by atoms with E-state index in [0.717, 1.165) is 35.2 Å². The van der Waals surface area contributed by atoms with Crippen molar-refractivity contribution in [3.63, 3.8) is 0 Å². The average Bonchev–Trinajstić information content (AvgIpc) is 3.27. The summed E-state index contributed by atoms with van der Waals surface area (Å²) in [5, 5.41) is 15.2. The number of aryl methyl sites for hydroxylation is 1. The number of guanidine groups is 1. The summed E-state index contributed by atoms with van der Waals surface area (Å²) in [5.74, 6) is 2.60. The van der Waals surface area contributed by atoms with Crippen LogP contribution in [0.15, 0.2) is 33.7 Å². The van der Waals surface area contributed by atoms with E-state index in [2.05, 4.69) is 68.0 Å². The Morgan fingerprint density at radius 3 is 2.48 bits per heavy atom. The van der Waals surface area contributed by atoms with Gasteiger partial charge in [-0.1, -0.05) is 40.9 Å². The van der Waals surface area contributed by atoms with Gasteiger partial charge in [0.15, 0.2) is 11.8 Å². The second kappa shape index (κ2) is 8.87. The predicted octanol–water partition coefficient (Wildman–Crippen LogP) is 3.45. The number of halogens is 1. The topological polar surface area (TPSA) is 67.1 Å². The third kappa shape index (κ3) is 4.69. The molecule has 1 aliphatic carbocycles. The zero-order chi connectivity index (χ0) is 19.3. The minimum atomic E-state index is 0.179. The maximum Gasteiger partial charge on any atom is 0.191 e. The molecule has 0 unspecified atom stereocenters. The van der Waals surface area contributed by atoms with E-state index < -0.39 is 0 Å². The number of aromatic nitrogens is 3. The van der Waals surface area contributed by atoms with E-state index in [-0.39, 0.29) is 5.41 Å². The van der Waals surface area contributed by atoms with Crippen molar-refractivity contribution < 1.29 is 0 Å². The molecule has 1 aromatic heterocycles. The van der Waals surface area contributed by atoms with E-state index in [1.807, 2.05) is 18.5 Å². The van der Waals surface area contributed by atoms with Gasteiger partial charge < -0.3 is 15.2 Å². The van der Waals surface area contributed by atoms with Gasteiger partial charge in [0.1, 0.15) is 12.4 Å². The van der Waals surface area contributed by atoms with Crippen molar-refractivity contribution in [2.24, 2.45) is 12.0 Å². The zero-order valence-electron chi connectivity index (χ0n) is 16.4. The second-order valence-electron chi connectivity index (χ2n) is 7.27. The van der Waals surface area contributed by atoms with E-state index >= 15 is 0 Å². The summed E-state index contributed by atoms with van der Waals surface area (Å²) in [6, 6.07) is 8.79. The summed E-state index contributed by atoms with van der Waals surface area (Å²) >= 11 is 3.55. The van der Waals surface area contributed by atoms with E-state index in [0.29, 0.717) is 6.54 Å². The van der Waals surface area contributed by atoms with Gasteiger partial charge in [-0.15, -0.1) is 10.2 Å². The lowest BCUT2D eigenvalue weighted by Crippen LogP contribution is -2.44. The Morgan fingerprint density at radius 2 is 1.89 bits per heavy atom. The maximum absolute atomic E-state index is 4.72. The molecule has 2 aromatic rings. The SMILES string of the molecule is CCNC(=NCc1nnc(C)n1C)NCC1(c2ccc(Br)cc2)CCCC1. The number of rotatable bonds is 6. The van der Waals surface area contributed by atoms with Gasteiger partial charge >= 0.3 is 0 Å². The molecule has 1 aliphatic rings. The summed E-state index contributed by atoms with van der Waals surface area (Å²) < 4.78 is 3.11. The van der Waals surface area contributed by atoms with Gasteiger partial charge in [-0.3, -0.25) is 0 Å². The minimum Gasteiger partial charge on any atom is -0.357 e. The highest BCUT2D eigenvalue weighted by atomic mass is 79.9. The third-order valence-electron chi connectivity index (χ3n) is 5.52. The minimum absolute atomic E-state index is 0.179. The lowest BCUT2D eigenvalue weighted by Gasteiger charge is -2.31. The fourth-order valence-corrected chi connectivity index (χ4v) is 4.02. The van der Waals surface area contributed by atoms with E-state index in [1.54, 1.807) is 0 Å². The highest BCUT2D eigenvalue weighted by Crippen LogP contribution is 2.40. The Bertz CT molecular complexity index is 774. The first kappa shape index (κ1) is 19.9. The van der Waals surface area contributed by atoms with Crippen molar-refractivity contribution in [2.75, 3.05) is 13.1 Å². The van der Waals surface area contributed by atoms with Crippen molar-refractivity contribution >= 4 is 21.9 Å². The van der Waals surface area contributed by atoms with Gasteiger partial charge in [0.05, 0.1) is 0 Å². The van der Waals surface area contributed by atoms with Crippen LogP contribution in [0.25, 0.3) is 0 Å².